The fraction of sp³-hybridized carbons (Fsp3) is 0.500. The SMILES string of the molecule is CCCCCCCCOc1ccc(C(C(=O)CCCC)c2ccccc2)c(O)c1. The van der Waals surface area contributed by atoms with Gasteiger partial charge in [0, 0.05) is 18.1 Å². The number of Topliss-reactive ketones (excluding diaryl/α,β-unsaturated/α-hetero) is 1. The van der Waals surface area contributed by atoms with Crippen molar-refractivity contribution in [3.63, 3.8) is 0 Å². The molecule has 0 aliphatic carbocycles. The van der Waals surface area contributed by atoms with Crippen LogP contribution in [0.2, 0.25) is 0 Å². The van der Waals surface area contributed by atoms with Crippen LogP contribution in [0.25, 0.3) is 0 Å². The third-order valence-corrected chi connectivity index (χ3v) is 5.31. The van der Waals surface area contributed by atoms with Gasteiger partial charge in [-0.1, -0.05) is 88.8 Å². The predicted octanol–water partition coefficient (Wildman–Crippen LogP) is 7.02. The van der Waals surface area contributed by atoms with Gasteiger partial charge >= 0.3 is 0 Å². The lowest BCUT2D eigenvalue weighted by Crippen LogP contribution is -2.14. The van der Waals surface area contributed by atoms with Crippen molar-refractivity contribution in [3.8, 4) is 11.5 Å². The van der Waals surface area contributed by atoms with Gasteiger partial charge < -0.3 is 9.84 Å². The molecule has 0 fully saturated rings. The molecule has 2 aromatic carbocycles. The van der Waals surface area contributed by atoms with E-state index in [9.17, 15) is 9.90 Å². The van der Waals surface area contributed by atoms with E-state index in [4.69, 9.17) is 4.74 Å². The number of phenolic OH excluding ortho intramolecular Hbond substituents is 1. The Balaban J connectivity index is 2.04. The molecule has 2 rings (SSSR count). The van der Waals surface area contributed by atoms with Gasteiger partial charge in [-0.2, -0.15) is 0 Å². The number of unbranched alkanes of at least 4 members (excludes halogenated alkanes) is 6. The molecule has 1 atom stereocenters. The zero-order valence-corrected chi connectivity index (χ0v) is 18.0. The summed E-state index contributed by atoms with van der Waals surface area (Å²) in [6, 6.07) is 15.1. The molecule has 0 aliphatic heterocycles. The fourth-order valence-electron chi connectivity index (χ4n) is 3.61. The number of phenols is 1. The highest BCUT2D eigenvalue weighted by molar-refractivity contribution is 5.89. The van der Waals surface area contributed by atoms with Crippen molar-refractivity contribution in [2.24, 2.45) is 0 Å². The predicted molar refractivity (Wildman–Crippen MR) is 120 cm³/mol. The molecule has 29 heavy (non-hydrogen) atoms. The molecule has 158 valence electrons. The van der Waals surface area contributed by atoms with Gasteiger partial charge in [-0.3, -0.25) is 4.79 Å². The Morgan fingerprint density at radius 1 is 0.897 bits per heavy atom. The van der Waals surface area contributed by atoms with Crippen LogP contribution < -0.4 is 4.74 Å². The van der Waals surface area contributed by atoms with Crippen molar-refractivity contribution in [2.45, 2.75) is 77.6 Å². The molecule has 0 saturated heterocycles. The molecule has 0 spiro atoms. The Morgan fingerprint density at radius 2 is 1.59 bits per heavy atom. The van der Waals surface area contributed by atoms with E-state index in [2.05, 4.69) is 13.8 Å². The van der Waals surface area contributed by atoms with Crippen molar-refractivity contribution in [3.05, 3.63) is 59.7 Å². The number of carbonyl (C=O) groups is 1. The van der Waals surface area contributed by atoms with Crippen LogP contribution in [0.15, 0.2) is 48.5 Å². The van der Waals surface area contributed by atoms with Crippen molar-refractivity contribution in [1.29, 1.82) is 0 Å². The number of benzene rings is 2. The third-order valence-electron chi connectivity index (χ3n) is 5.31. The highest BCUT2D eigenvalue weighted by atomic mass is 16.5. The Morgan fingerprint density at radius 3 is 2.28 bits per heavy atom. The Kier molecular flexibility index (Phi) is 10.3. The van der Waals surface area contributed by atoms with E-state index < -0.39 is 5.92 Å². The second-order valence-electron chi connectivity index (χ2n) is 7.75. The zero-order chi connectivity index (χ0) is 20.9. The molecule has 2 aromatic rings. The first-order valence-corrected chi connectivity index (χ1v) is 11.2. The first kappa shape index (κ1) is 23.0. The summed E-state index contributed by atoms with van der Waals surface area (Å²) in [4.78, 5) is 12.9. The standard InChI is InChI=1S/C26H36O3/c1-3-5-7-8-9-13-19-29-22-17-18-23(25(28)20-22)26(24(27)16-6-4-2)21-14-11-10-12-15-21/h10-12,14-15,17-18,20,26,28H,3-9,13,16,19H2,1-2H3. The van der Waals surface area contributed by atoms with E-state index in [0.717, 1.165) is 24.8 Å². The lowest BCUT2D eigenvalue weighted by Gasteiger charge is -2.19. The summed E-state index contributed by atoms with van der Waals surface area (Å²) in [5.41, 5.74) is 1.58. The molecule has 3 nitrogen and oxygen atoms in total. The summed E-state index contributed by atoms with van der Waals surface area (Å²) in [7, 11) is 0. The van der Waals surface area contributed by atoms with Crippen LogP contribution >= 0.6 is 0 Å². The Hall–Kier alpha value is -2.29. The number of rotatable bonds is 14. The monoisotopic (exact) mass is 396 g/mol. The van der Waals surface area contributed by atoms with E-state index >= 15 is 0 Å². The summed E-state index contributed by atoms with van der Waals surface area (Å²) in [5.74, 6) is 0.501. The first-order chi connectivity index (χ1) is 14.2. The maximum Gasteiger partial charge on any atom is 0.144 e. The molecule has 0 bridgehead atoms. The summed E-state index contributed by atoms with van der Waals surface area (Å²) in [6.45, 7) is 4.96. The normalized spacial score (nSPS) is 11.9. The van der Waals surface area contributed by atoms with Gasteiger partial charge in [-0.25, -0.2) is 0 Å². The van der Waals surface area contributed by atoms with Crippen LogP contribution in [-0.2, 0) is 4.79 Å². The van der Waals surface area contributed by atoms with Crippen molar-refractivity contribution in [2.75, 3.05) is 6.61 Å². The van der Waals surface area contributed by atoms with Gasteiger partial charge in [0.2, 0.25) is 0 Å². The molecular weight excluding hydrogens is 360 g/mol. The van der Waals surface area contributed by atoms with E-state index in [1.165, 1.54) is 32.1 Å². The minimum absolute atomic E-state index is 0.129. The minimum atomic E-state index is -0.435. The van der Waals surface area contributed by atoms with E-state index in [1.807, 2.05) is 42.5 Å². The molecule has 0 radical (unpaired) electrons. The molecule has 0 saturated carbocycles. The second-order valence-corrected chi connectivity index (χ2v) is 7.75. The van der Waals surface area contributed by atoms with Gasteiger partial charge in [-0.15, -0.1) is 0 Å². The van der Waals surface area contributed by atoms with Crippen LogP contribution in [-0.4, -0.2) is 17.5 Å². The smallest absolute Gasteiger partial charge is 0.144 e. The number of aromatic hydroxyl groups is 1. The molecule has 0 heterocycles. The summed E-state index contributed by atoms with van der Waals surface area (Å²) < 4.78 is 5.81. The second kappa shape index (κ2) is 13.0. The number of hydrogen-bond acceptors (Lipinski definition) is 3. The summed E-state index contributed by atoms with van der Waals surface area (Å²) in [6.07, 6.45) is 9.65. The number of ether oxygens (including phenoxy) is 1. The lowest BCUT2D eigenvalue weighted by atomic mass is 9.85. The third kappa shape index (κ3) is 7.56. The van der Waals surface area contributed by atoms with E-state index in [0.29, 0.717) is 24.3 Å². The molecule has 0 amide bonds. The number of carbonyl (C=O) groups excluding carboxylic acids is 1. The average Bonchev–Trinajstić information content (AvgIpc) is 2.74. The van der Waals surface area contributed by atoms with Crippen LogP contribution in [0.1, 0.15) is 88.7 Å². The molecular formula is C26H36O3. The Labute approximate surface area is 176 Å². The lowest BCUT2D eigenvalue weighted by molar-refractivity contribution is -0.119. The number of ketones is 1. The minimum Gasteiger partial charge on any atom is -0.507 e. The van der Waals surface area contributed by atoms with Gasteiger partial charge in [-0.05, 0) is 24.5 Å². The van der Waals surface area contributed by atoms with Crippen molar-refractivity contribution < 1.29 is 14.6 Å². The summed E-state index contributed by atoms with van der Waals surface area (Å²) >= 11 is 0. The van der Waals surface area contributed by atoms with Crippen LogP contribution in [0.4, 0.5) is 0 Å². The highest BCUT2D eigenvalue weighted by Gasteiger charge is 2.25. The molecule has 1 N–H and O–H groups in total. The first-order valence-electron chi connectivity index (χ1n) is 11.2. The van der Waals surface area contributed by atoms with Gasteiger partial charge in [0.25, 0.3) is 0 Å². The summed E-state index contributed by atoms with van der Waals surface area (Å²) in [5, 5.41) is 10.7. The zero-order valence-electron chi connectivity index (χ0n) is 18.0. The van der Waals surface area contributed by atoms with E-state index in [-0.39, 0.29) is 11.5 Å². The van der Waals surface area contributed by atoms with Crippen molar-refractivity contribution in [1.82, 2.24) is 0 Å². The topological polar surface area (TPSA) is 46.5 Å². The van der Waals surface area contributed by atoms with E-state index in [1.54, 1.807) is 6.07 Å². The maximum atomic E-state index is 12.9. The molecule has 3 heteroatoms. The Bertz CT molecular complexity index is 724. The van der Waals surface area contributed by atoms with Crippen LogP contribution in [0.5, 0.6) is 11.5 Å². The molecule has 0 aliphatic rings. The average molecular weight is 397 g/mol. The van der Waals surface area contributed by atoms with Gasteiger partial charge in [0.05, 0.1) is 12.5 Å². The van der Waals surface area contributed by atoms with Gasteiger partial charge in [0.15, 0.2) is 0 Å². The van der Waals surface area contributed by atoms with Gasteiger partial charge in [0.1, 0.15) is 17.3 Å². The molecule has 1 unspecified atom stereocenters. The highest BCUT2D eigenvalue weighted by Crippen LogP contribution is 2.35. The maximum absolute atomic E-state index is 12.9. The van der Waals surface area contributed by atoms with Crippen LogP contribution in [0.3, 0.4) is 0 Å². The van der Waals surface area contributed by atoms with Crippen molar-refractivity contribution >= 4 is 5.78 Å². The quantitative estimate of drug-likeness (QED) is 0.349. The fourth-order valence-corrected chi connectivity index (χ4v) is 3.61. The number of hydrogen-bond donors (Lipinski definition) is 1. The molecule has 0 aromatic heterocycles. The largest absolute Gasteiger partial charge is 0.507 e. The van der Waals surface area contributed by atoms with Crippen LogP contribution in [0, 0.1) is 0 Å².